The minimum absolute atomic E-state index is 0.180. The Balaban J connectivity index is 1.76. The van der Waals surface area contributed by atoms with Crippen molar-refractivity contribution in [2.24, 2.45) is 0 Å². The van der Waals surface area contributed by atoms with Crippen LogP contribution >= 0.6 is 0 Å². The van der Waals surface area contributed by atoms with Crippen LogP contribution in [0.5, 0.6) is 0 Å². The highest BCUT2D eigenvalue weighted by Gasteiger charge is 2.07. The quantitative estimate of drug-likeness (QED) is 0.801. The van der Waals surface area contributed by atoms with Gasteiger partial charge >= 0.3 is 0 Å². The van der Waals surface area contributed by atoms with Crippen molar-refractivity contribution in [3.8, 4) is 5.69 Å². The van der Waals surface area contributed by atoms with Crippen molar-refractivity contribution in [3.63, 3.8) is 0 Å². The van der Waals surface area contributed by atoms with Gasteiger partial charge in [-0.1, -0.05) is 6.07 Å². The normalized spacial score (nSPS) is 10.3. The Morgan fingerprint density at radius 3 is 2.57 bits per heavy atom. The van der Waals surface area contributed by atoms with Crippen LogP contribution in [-0.4, -0.2) is 20.7 Å². The Morgan fingerprint density at radius 1 is 1.10 bits per heavy atom. The molecule has 104 valence electrons. The third-order valence-corrected chi connectivity index (χ3v) is 3.03. The van der Waals surface area contributed by atoms with Crippen LogP contribution in [-0.2, 0) is 0 Å². The third-order valence-electron chi connectivity index (χ3n) is 3.03. The predicted octanol–water partition coefficient (Wildman–Crippen LogP) is 2.83. The molecule has 0 bridgehead atoms. The van der Waals surface area contributed by atoms with Gasteiger partial charge in [0.1, 0.15) is 5.82 Å². The fourth-order valence-corrected chi connectivity index (χ4v) is 1.99. The van der Waals surface area contributed by atoms with E-state index in [1.165, 1.54) is 0 Å². The Kier molecular flexibility index (Phi) is 3.47. The first-order valence-corrected chi connectivity index (χ1v) is 6.57. The second-order valence-corrected chi connectivity index (χ2v) is 4.62. The lowest BCUT2D eigenvalue weighted by Crippen LogP contribution is -2.13. The Bertz CT molecular complexity index is 748. The second-order valence-electron chi connectivity index (χ2n) is 4.62. The number of hydrogen-bond donors (Lipinski definition) is 1. The summed E-state index contributed by atoms with van der Waals surface area (Å²) in [7, 11) is 0. The number of carbonyl (C=O) groups is 1. The first-order valence-electron chi connectivity index (χ1n) is 6.57. The number of benzene rings is 1. The van der Waals surface area contributed by atoms with Crippen molar-refractivity contribution in [2.75, 3.05) is 5.32 Å². The largest absolute Gasteiger partial charge is 0.307 e. The summed E-state index contributed by atoms with van der Waals surface area (Å²) >= 11 is 0. The molecular formula is C16H14N4O. The Hall–Kier alpha value is -2.95. The number of aromatic nitrogens is 3. The number of nitrogens with zero attached hydrogens (tertiary/aromatic N) is 3. The van der Waals surface area contributed by atoms with E-state index in [1.807, 2.05) is 43.5 Å². The number of carbonyl (C=O) groups excluding carboxylic acids is 1. The van der Waals surface area contributed by atoms with E-state index in [0.29, 0.717) is 11.4 Å². The summed E-state index contributed by atoms with van der Waals surface area (Å²) in [5, 5.41) is 6.93. The van der Waals surface area contributed by atoms with Crippen molar-refractivity contribution in [3.05, 3.63) is 72.2 Å². The molecule has 5 nitrogen and oxygen atoms in total. The number of pyridine rings is 1. The van der Waals surface area contributed by atoms with Gasteiger partial charge in [0.25, 0.3) is 5.91 Å². The SMILES string of the molecule is Cc1cccc(NC(=O)c2ccc(-n3cccn3)cc2)n1. The van der Waals surface area contributed by atoms with Crippen LogP contribution in [0.4, 0.5) is 5.82 Å². The first-order chi connectivity index (χ1) is 10.2. The minimum atomic E-state index is -0.180. The fourth-order valence-electron chi connectivity index (χ4n) is 1.99. The molecule has 2 heterocycles. The van der Waals surface area contributed by atoms with Crippen LogP contribution in [0, 0.1) is 6.92 Å². The van der Waals surface area contributed by atoms with Crippen LogP contribution in [0.15, 0.2) is 60.9 Å². The van der Waals surface area contributed by atoms with E-state index in [4.69, 9.17) is 0 Å². The lowest BCUT2D eigenvalue weighted by atomic mass is 10.2. The smallest absolute Gasteiger partial charge is 0.256 e. The fraction of sp³-hybridized carbons (Fsp3) is 0.0625. The molecule has 0 atom stereocenters. The standard InChI is InChI=1S/C16H14N4O/c1-12-4-2-5-15(18-12)19-16(21)13-6-8-14(9-7-13)20-11-3-10-17-20/h2-11H,1H3,(H,18,19,21). The first kappa shape index (κ1) is 13.1. The van der Waals surface area contributed by atoms with E-state index in [1.54, 1.807) is 29.1 Å². The van der Waals surface area contributed by atoms with Crippen molar-refractivity contribution in [1.82, 2.24) is 14.8 Å². The zero-order chi connectivity index (χ0) is 14.7. The van der Waals surface area contributed by atoms with Gasteiger partial charge in [-0.25, -0.2) is 9.67 Å². The van der Waals surface area contributed by atoms with E-state index in [-0.39, 0.29) is 5.91 Å². The van der Waals surface area contributed by atoms with E-state index < -0.39 is 0 Å². The van der Waals surface area contributed by atoms with Gasteiger partial charge in [-0.2, -0.15) is 5.10 Å². The van der Waals surface area contributed by atoms with Crippen LogP contribution in [0.3, 0.4) is 0 Å². The summed E-state index contributed by atoms with van der Waals surface area (Å²) in [5.41, 5.74) is 2.35. The molecule has 0 aliphatic carbocycles. The highest BCUT2D eigenvalue weighted by Crippen LogP contribution is 2.11. The molecule has 0 aliphatic rings. The number of hydrogen-bond acceptors (Lipinski definition) is 3. The van der Waals surface area contributed by atoms with Crippen molar-refractivity contribution < 1.29 is 4.79 Å². The predicted molar refractivity (Wildman–Crippen MR) is 80.5 cm³/mol. The molecule has 0 spiro atoms. The number of nitrogens with one attached hydrogen (secondary N) is 1. The van der Waals surface area contributed by atoms with E-state index in [2.05, 4.69) is 15.4 Å². The molecule has 0 saturated carbocycles. The molecule has 0 radical (unpaired) electrons. The van der Waals surface area contributed by atoms with Crippen molar-refractivity contribution in [1.29, 1.82) is 0 Å². The summed E-state index contributed by atoms with van der Waals surface area (Å²) in [6, 6.07) is 14.6. The van der Waals surface area contributed by atoms with Crippen molar-refractivity contribution >= 4 is 11.7 Å². The third kappa shape index (κ3) is 2.97. The maximum absolute atomic E-state index is 12.1. The molecule has 21 heavy (non-hydrogen) atoms. The zero-order valence-corrected chi connectivity index (χ0v) is 11.5. The van der Waals surface area contributed by atoms with Gasteiger partial charge < -0.3 is 5.32 Å². The Labute approximate surface area is 122 Å². The monoisotopic (exact) mass is 278 g/mol. The number of aryl methyl sites for hydroxylation is 1. The molecule has 0 fully saturated rings. The number of amides is 1. The number of anilines is 1. The average molecular weight is 278 g/mol. The van der Waals surface area contributed by atoms with E-state index in [0.717, 1.165) is 11.4 Å². The Morgan fingerprint density at radius 2 is 1.90 bits per heavy atom. The molecule has 3 rings (SSSR count). The van der Waals surface area contributed by atoms with Gasteiger partial charge in [-0.3, -0.25) is 4.79 Å². The maximum Gasteiger partial charge on any atom is 0.256 e. The van der Waals surface area contributed by atoms with Gasteiger partial charge in [-0.05, 0) is 49.4 Å². The highest BCUT2D eigenvalue weighted by atomic mass is 16.1. The summed E-state index contributed by atoms with van der Waals surface area (Å²) in [4.78, 5) is 16.4. The van der Waals surface area contributed by atoms with E-state index in [9.17, 15) is 4.79 Å². The van der Waals surface area contributed by atoms with Gasteiger partial charge in [0.05, 0.1) is 5.69 Å². The molecule has 1 N–H and O–H groups in total. The molecule has 0 aliphatic heterocycles. The minimum Gasteiger partial charge on any atom is -0.307 e. The van der Waals surface area contributed by atoms with Gasteiger partial charge in [0, 0.05) is 23.7 Å². The van der Waals surface area contributed by atoms with Crippen LogP contribution < -0.4 is 5.32 Å². The average Bonchev–Trinajstić information content (AvgIpc) is 3.01. The van der Waals surface area contributed by atoms with Gasteiger partial charge in [-0.15, -0.1) is 0 Å². The molecule has 0 unspecified atom stereocenters. The lowest BCUT2D eigenvalue weighted by molar-refractivity contribution is 0.102. The van der Waals surface area contributed by atoms with Crippen molar-refractivity contribution in [2.45, 2.75) is 6.92 Å². The van der Waals surface area contributed by atoms with Crippen LogP contribution in [0.25, 0.3) is 5.69 Å². The summed E-state index contributed by atoms with van der Waals surface area (Å²) in [5.74, 6) is 0.372. The summed E-state index contributed by atoms with van der Waals surface area (Å²) in [6.07, 6.45) is 3.57. The molecule has 1 aromatic carbocycles. The number of rotatable bonds is 3. The van der Waals surface area contributed by atoms with Gasteiger partial charge in [0.15, 0.2) is 0 Å². The molecular weight excluding hydrogens is 264 g/mol. The summed E-state index contributed by atoms with van der Waals surface area (Å²) < 4.78 is 1.74. The maximum atomic E-state index is 12.1. The second kappa shape index (κ2) is 5.58. The highest BCUT2D eigenvalue weighted by molar-refractivity contribution is 6.03. The zero-order valence-electron chi connectivity index (χ0n) is 11.5. The van der Waals surface area contributed by atoms with Crippen LogP contribution in [0.1, 0.15) is 16.1 Å². The van der Waals surface area contributed by atoms with E-state index >= 15 is 0 Å². The molecule has 0 saturated heterocycles. The lowest BCUT2D eigenvalue weighted by Gasteiger charge is -2.06. The molecule has 2 aromatic heterocycles. The summed E-state index contributed by atoms with van der Waals surface area (Å²) in [6.45, 7) is 1.88. The van der Waals surface area contributed by atoms with Crippen LogP contribution in [0.2, 0.25) is 0 Å². The molecule has 3 aromatic rings. The topological polar surface area (TPSA) is 59.8 Å². The van der Waals surface area contributed by atoms with Gasteiger partial charge in [0.2, 0.25) is 0 Å². The molecule has 5 heteroatoms. The molecule has 1 amide bonds.